The predicted octanol–water partition coefficient (Wildman–Crippen LogP) is 2.21. The summed E-state index contributed by atoms with van der Waals surface area (Å²) in [5, 5.41) is 12.5. The zero-order valence-electron chi connectivity index (χ0n) is 14.0. The van der Waals surface area contributed by atoms with Gasteiger partial charge in [-0.1, -0.05) is 0 Å². The zero-order chi connectivity index (χ0) is 17.1. The third kappa shape index (κ3) is 3.53. The minimum absolute atomic E-state index is 0.227. The van der Waals surface area contributed by atoms with Crippen LogP contribution in [0.1, 0.15) is 40.0 Å². The monoisotopic (exact) mass is 349 g/mol. The summed E-state index contributed by atoms with van der Waals surface area (Å²) in [5.74, 6) is 0.698. The Morgan fingerprint density at radius 3 is 2.88 bits per heavy atom. The molecular formula is C17H23N3O3S. The molecule has 0 aromatic carbocycles. The Kier molecular flexibility index (Phi) is 5.33. The van der Waals surface area contributed by atoms with Crippen LogP contribution in [-0.2, 0) is 18.3 Å². The Labute approximate surface area is 145 Å². The summed E-state index contributed by atoms with van der Waals surface area (Å²) < 4.78 is 6.72. The van der Waals surface area contributed by atoms with Gasteiger partial charge >= 0.3 is 5.97 Å². The molecule has 1 fully saturated rings. The first-order chi connectivity index (χ1) is 11.6. The van der Waals surface area contributed by atoms with E-state index in [9.17, 15) is 9.90 Å². The van der Waals surface area contributed by atoms with E-state index in [-0.39, 0.29) is 11.9 Å². The van der Waals surface area contributed by atoms with E-state index < -0.39 is 6.10 Å². The summed E-state index contributed by atoms with van der Waals surface area (Å²) in [6, 6.07) is 1.99. The van der Waals surface area contributed by atoms with Gasteiger partial charge in [0.2, 0.25) is 0 Å². The van der Waals surface area contributed by atoms with Crippen molar-refractivity contribution in [3.05, 3.63) is 40.1 Å². The maximum absolute atomic E-state index is 11.8. The maximum Gasteiger partial charge on any atom is 0.348 e. The minimum atomic E-state index is -0.515. The lowest BCUT2D eigenvalue weighted by molar-refractivity contribution is 0.0489. The van der Waals surface area contributed by atoms with Crippen LogP contribution < -0.4 is 0 Å². The van der Waals surface area contributed by atoms with Gasteiger partial charge in [-0.3, -0.25) is 4.90 Å². The Hall–Kier alpha value is -1.70. The number of aromatic nitrogens is 2. The van der Waals surface area contributed by atoms with E-state index in [4.69, 9.17) is 4.74 Å². The third-order valence-corrected chi connectivity index (χ3v) is 5.65. The lowest BCUT2D eigenvalue weighted by Gasteiger charge is -2.34. The van der Waals surface area contributed by atoms with Crippen LogP contribution in [0.4, 0.5) is 0 Å². The van der Waals surface area contributed by atoms with Crippen molar-refractivity contribution in [1.82, 2.24) is 14.5 Å². The highest BCUT2D eigenvalue weighted by Crippen LogP contribution is 2.31. The first-order valence-electron chi connectivity index (χ1n) is 8.12. The smallest absolute Gasteiger partial charge is 0.348 e. The molecule has 1 unspecified atom stereocenters. The molecule has 1 N–H and O–H groups in total. The first kappa shape index (κ1) is 17.1. The number of thiophene rings is 1. The normalized spacial score (nSPS) is 17.8. The van der Waals surface area contributed by atoms with Crippen molar-refractivity contribution >= 4 is 17.3 Å². The molecule has 130 valence electrons. The van der Waals surface area contributed by atoms with Crippen molar-refractivity contribution in [3.8, 4) is 0 Å². The Balaban J connectivity index is 1.57. The average Bonchev–Trinajstić information content (AvgIpc) is 3.23. The van der Waals surface area contributed by atoms with Gasteiger partial charge in [0.25, 0.3) is 0 Å². The number of aryl methyl sites for hydroxylation is 1. The zero-order valence-corrected chi connectivity index (χ0v) is 14.8. The molecule has 6 nitrogen and oxygen atoms in total. The lowest BCUT2D eigenvalue weighted by Crippen LogP contribution is -2.35. The standard InChI is InChI=1S/C17H23N3O3S/c1-19-9-6-18-16(19)14(21)12-3-7-20(8-4-12)11-13-5-10-24-15(13)17(22)23-2/h5-6,9-10,12,14,21H,3-4,7-8,11H2,1-2H3. The van der Waals surface area contributed by atoms with Gasteiger partial charge in [0, 0.05) is 26.0 Å². The number of likely N-dealkylation sites (tertiary alicyclic amines) is 1. The minimum Gasteiger partial charge on any atom is -0.465 e. The lowest BCUT2D eigenvalue weighted by atomic mass is 9.90. The summed E-state index contributed by atoms with van der Waals surface area (Å²) in [6.45, 7) is 2.56. The molecule has 3 heterocycles. The molecule has 1 aliphatic rings. The van der Waals surface area contributed by atoms with Crippen LogP contribution in [0.15, 0.2) is 23.8 Å². The molecule has 1 aliphatic heterocycles. The fraction of sp³-hybridized carbons (Fsp3) is 0.529. The van der Waals surface area contributed by atoms with Crippen molar-refractivity contribution in [2.75, 3.05) is 20.2 Å². The summed E-state index contributed by atoms with van der Waals surface area (Å²) in [5.41, 5.74) is 1.02. The number of aliphatic hydroxyl groups excluding tert-OH is 1. The molecule has 0 aliphatic carbocycles. The van der Waals surface area contributed by atoms with E-state index in [0.29, 0.717) is 4.88 Å². The molecule has 24 heavy (non-hydrogen) atoms. The molecule has 0 amide bonds. The van der Waals surface area contributed by atoms with Gasteiger partial charge in [-0.2, -0.15) is 0 Å². The molecule has 7 heteroatoms. The highest BCUT2D eigenvalue weighted by Gasteiger charge is 2.29. The molecule has 0 bridgehead atoms. The van der Waals surface area contributed by atoms with Gasteiger partial charge in [0.15, 0.2) is 0 Å². The average molecular weight is 349 g/mol. The maximum atomic E-state index is 11.8. The second-order valence-electron chi connectivity index (χ2n) is 6.22. The molecule has 1 atom stereocenters. The van der Waals surface area contributed by atoms with Gasteiger partial charge in [0.05, 0.1) is 7.11 Å². The van der Waals surface area contributed by atoms with Crippen LogP contribution in [0.25, 0.3) is 0 Å². The first-order valence-corrected chi connectivity index (χ1v) is 9.00. The van der Waals surface area contributed by atoms with E-state index in [1.807, 2.05) is 29.3 Å². The number of nitrogens with zero attached hydrogens (tertiary/aromatic N) is 3. The SMILES string of the molecule is COC(=O)c1sccc1CN1CCC(C(O)c2nccn2C)CC1. The molecule has 3 rings (SSSR count). The van der Waals surface area contributed by atoms with Crippen LogP contribution in [0.5, 0.6) is 0 Å². The number of imidazole rings is 1. The van der Waals surface area contributed by atoms with E-state index in [2.05, 4.69) is 9.88 Å². The molecular weight excluding hydrogens is 326 g/mol. The molecule has 2 aromatic rings. The number of piperidine rings is 1. The number of carbonyl (C=O) groups is 1. The van der Waals surface area contributed by atoms with Gasteiger partial charge in [-0.25, -0.2) is 9.78 Å². The number of rotatable bonds is 5. The van der Waals surface area contributed by atoms with Crippen LogP contribution in [0, 0.1) is 5.92 Å². The molecule has 0 saturated carbocycles. The van der Waals surface area contributed by atoms with Crippen LogP contribution >= 0.6 is 11.3 Å². The summed E-state index contributed by atoms with van der Waals surface area (Å²) in [4.78, 5) is 19.0. The molecule has 1 saturated heterocycles. The molecule has 2 aromatic heterocycles. The number of carbonyl (C=O) groups excluding carboxylic acids is 1. The number of hydrogen-bond acceptors (Lipinski definition) is 6. The summed E-state index contributed by atoms with van der Waals surface area (Å²) in [6.07, 6.45) is 4.91. The third-order valence-electron chi connectivity index (χ3n) is 4.71. The molecule has 0 spiro atoms. The molecule has 0 radical (unpaired) electrons. The number of aliphatic hydroxyl groups is 1. The fourth-order valence-electron chi connectivity index (χ4n) is 3.27. The van der Waals surface area contributed by atoms with Crippen molar-refractivity contribution in [3.63, 3.8) is 0 Å². The Morgan fingerprint density at radius 2 is 2.25 bits per heavy atom. The van der Waals surface area contributed by atoms with Gasteiger partial charge in [-0.05, 0) is 48.9 Å². The van der Waals surface area contributed by atoms with Crippen LogP contribution in [0.3, 0.4) is 0 Å². The topological polar surface area (TPSA) is 67.6 Å². The summed E-state index contributed by atoms with van der Waals surface area (Å²) in [7, 11) is 3.32. The van der Waals surface area contributed by atoms with Gasteiger partial charge < -0.3 is 14.4 Å². The predicted molar refractivity (Wildman–Crippen MR) is 91.8 cm³/mol. The Morgan fingerprint density at radius 1 is 1.50 bits per heavy atom. The quantitative estimate of drug-likeness (QED) is 0.839. The van der Waals surface area contributed by atoms with Crippen molar-refractivity contribution in [2.45, 2.75) is 25.5 Å². The highest BCUT2D eigenvalue weighted by atomic mass is 32.1. The van der Waals surface area contributed by atoms with Crippen molar-refractivity contribution in [1.29, 1.82) is 0 Å². The second-order valence-corrected chi connectivity index (χ2v) is 7.14. The van der Waals surface area contributed by atoms with Gasteiger partial charge in [0.1, 0.15) is 16.8 Å². The number of methoxy groups -OCH3 is 1. The summed E-state index contributed by atoms with van der Waals surface area (Å²) >= 11 is 1.42. The number of hydrogen-bond donors (Lipinski definition) is 1. The van der Waals surface area contributed by atoms with E-state index in [1.165, 1.54) is 18.4 Å². The van der Waals surface area contributed by atoms with Crippen LogP contribution in [-0.4, -0.2) is 45.7 Å². The van der Waals surface area contributed by atoms with E-state index >= 15 is 0 Å². The van der Waals surface area contributed by atoms with Crippen LogP contribution in [0.2, 0.25) is 0 Å². The largest absolute Gasteiger partial charge is 0.465 e. The second kappa shape index (κ2) is 7.46. The fourth-order valence-corrected chi connectivity index (χ4v) is 4.10. The number of esters is 1. The van der Waals surface area contributed by atoms with E-state index in [0.717, 1.165) is 43.9 Å². The van der Waals surface area contributed by atoms with Crippen molar-refractivity contribution < 1.29 is 14.6 Å². The Bertz CT molecular complexity index is 689. The number of ether oxygens (including phenoxy) is 1. The van der Waals surface area contributed by atoms with E-state index in [1.54, 1.807) is 6.20 Å². The van der Waals surface area contributed by atoms with Gasteiger partial charge in [-0.15, -0.1) is 11.3 Å². The highest BCUT2D eigenvalue weighted by molar-refractivity contribution is 7.12. The van der Waals surface area contributed by atoms with Crippen molar-refractivity contribution in [2.24, 2.45) is 13.0 Å².